The second-order valence-corrected chi connectivity index (χ2v) is 5.29. The van der Waals surface area contributed by atoms with E-state index in [1.54, 1.807) is 7.11 Å². The lowest BCUT2D eigenvalue weighted by molar-refractivity contribution is 0.394. The molecule has 0 amide bonds. The van der Waals surface area contributed by atoms with E-state index in [-0.39, 0.29) is 6.04 Å². The Morgan fingerprint density at radius 1 is 1.29 bits per heavy atom. The number of aromatic nitrogens is 2. The maximum atomic E-state index is 6.25. The van der Waals surface area contributed by atoms with Crippen LogP contribution in [0.25, 0.3) is 0 Å². The minimum atomic E-state index is -0.0278. The van der Waals surface area contributed by atoms with E-state index >= 15 is 0 Å². The summed E-state index contributed by atoms with van der Waals surface area (Å²) in [6, 6.07) is 7.90. The van der Waals surface area contributed by atoms with Crippen LogP contribution in [0.2, 0.25) is 5.02 Å². The molecular weight excluding hydrogens is 286 g/mol. The number of rotatable bonds is 6. The molecule has 0 radical (unpaired) electrons. The van der Waals surface area contributed by atoms with E-state index < -0.39 is 0 Å². The van der Waals surface area contributed by atoms with E-state index in [1.807, 2.05) is 25.1 Å². The summed E-state index contributed by atoms with van der Waals surface area (Å²) in [5.41, 5.74) is 3.02. The molecule has 1 unspecified atom stereocenters. The fourth-order valence-corrected chi connectivity index (χ4v) is 2.28. The second-order valence-electron chi connectivity index (χ2n) is 4.88. The van der Waals surface area contributed by atoms with Gasteiger partial charge in [0.05, 0.1) is 18.8 Å². The molecule has 5 heteroatoms. The first-order valence-corrected chi connectivity index (χ1v) is 7.39. The highest BCUT2D eigenvalue weighted by Crippen LogP contribution is 2.26. The van der Waals surface area contributed by atoms with Gasteiger partial charge in [-0.15, -0.1) is 0 Å². The van der Waals surface area contributed by atoms with Crippen molar-refractivity contribution in [1.82, 2.24) is 15.3 Å². The van der Waals surface area contributed by atoms with Crippen molar-refractivity contribution in [1.29, 1.82) is 0 Å². The van der Waals surface area contributed by atoms with Crippen LogP contribution >= 0.6 is 11.6 Å². The summed E-state index contributed by atoms with van der Waals surface area (Å²) >= 11 is 6.25. The molecule has 0 spiro atoms. The average molecular weight is 306 g/mol. The normalized spacial score (nSPS) is 12.2. The van der Waals surface area contributed by atoms with Crippen LogP contribution in [0, 0.1) is 6.92 Å². The minimum Gasteiger partial charge on any atom is -0.481 e. The molecule has 1 atom stereocenters. The van der Waals surface area contributed by atoms with Crippen molar-refractivity contribution < 1.29 is 4.74 Å². The van der Waals surface area contributed by atoms with Crippen LogP contribution in [-0.2, 0) is 0 Å². The Morgan fingerprint density at radius 2 is 2.10 bits per heavy atom. The molecule has 0 saturated carbocycles. The molecule has 2 rings (SSSR count). The lowest BCUT2D eigenvalue weighted by Gasteiger charge is -2.19. The zero-order valence-electron chi connectivity index (χ0n) is 12.6. The summed E-state index contributed by atoms with van der Waals surface area (Å²) in [6.45, 7) is 5.02. The molecule has 0 bridgehead atoms. The topological polar surface area (TPSA) is 47.0 Å². The number of hydrogen-bond acceptors (Lipinski definition) is 4. The zero-order valence-corrected chi connectivity index (χ0v) is 13.3. The highest BCUT2D eigenvalue weighted by atomic mass is 35.5. The van der Waals surface area contributed by atoms with Crippen LogP contribution in [0.3, 0.4) is 0 Å². The molecule has 2 aromatic rings. The molecular formula is C16H20ClN3O. The van der Waals surface area contributed by atoms with Gasteiger partial charge in [-0.05, 0) is 37.1 Å². The smallest absolute Gasteiger partial charge is 0.216 e. The standard InChI is InChI=1S/C16H20ClN3O/c1-4-7-18-16(12-6-5-11(2)13(17)8-12)14-9-15(21-3)20-10-19-14/h5-6,8-10,16,18H,4,7H2,1-3H3. The van der Waals surface area contributed by atoms with E-state index in [2.05, 4.69) is 28.3 Å². The fraction of sp³-hybridized carbons (Fsp3) is 0.375. The van der Waals surface area contributed by atoms with Gasteiger partial charge in [-0.2, -0.15) is 0 Å². The minimum absolute atomic E-state index is 0.0278. The highest BCUT2D eigenvalue weighted by molar-refractivity contribution is 6.31. The van der Waals surface area contributed by atoms with Gasteiger partial charge >= 0.3 is 0 Å². The number of nitrogens with one attached hydrogen (secondary N) is 1. The SMILES string of the molecule is CCCNC(c1ccc(C)c(Cl)c1)c1cc(OC)ncn1. The first kappa shape index (κ1) is 15.7. The number of methoxy groups -OCH3 is 1. The summed E-state index contributed by atoms with van der Waals surface area (Å²) in [5.74, 6) is 0.557. The number of benzene rings is 1. The lowest BCUT2D eigenvalue weighted by Crippen LogP contribution is -2.24. The van der Waals surface area contributed by atoms with Gasteiger partial charge in [-0.1, -0.05) is 30.7 Å². The Balaban J connectivity index is 2.38. The van der Waals surface area contributed by atoms with Crippen molar-refractivity contribution in [2.75, 3.05) is 13.7 Å². The molecule has 1 aromatic carbocycles. The van der Waals surface area contributed by atoms with Crippen LogP contribution in [-0.4, -0.2) is 23.6 Å². The third kappa shape index (κ3) is 3.93. The molecule has 112 valence electrons. The zero-order chi connectivity index (χ0) is 15.2. The quantitative estimate of drug-likeness (QED) is 0.887. The monoisotopic (exact) mass is 305 g/mol. The Labute approximate surface area is 130 Å². The van der Waals surface area contributed by atoms with Crippen LogP contribution in [0.15, 0.2) is 30.6 Å². The van der Waals surface area contributed by atoms with E-state index in [4.69, 9.17) is 16.3 Å². The van der Waals surface area contributed by atoms with Gasteiger partial charge in [-0.3, -0.25) is 0 Å². The molecule has 1 N–H and O–H groups in total. The molecule has 21 heavy (non-hydrogen) atoms. The fourth-order valence-electron chi connectivity index (χ4n) is 2.09. The highest BCUT2D eigenvalue weighted by Gasteiger charge is 2.16. The number of aryl methyl sites for hydroxylation is 1. The third-order valence-electron chi connectivity index (χ3n) is 3.30. The van der Waals surface area contributed by atoms with Crippen LogP contribution in [0.4, 0.5) is 0 Å². The summed E-state index contributed by atoms with van der Waals surface area (Å²) in [5, 5.41) is 4.26. The number of hydrogen-bond donors (Lipinski definition) is 1. The van der Waals surface area contributed by atoms with Gasteiger partial charge in [0, 0.05) is 11.1 Å². The predicted molar refractivity (Wildman–Crippen MR) is 84.9 cm³/mol. The molecule has 0 aliphatic carbocycles. The first-order valence-electron chi connectivity index (χ1n) is 7.01. The van der Waals surface area contributed by atoms with Crippen molar-refractivity contribution in [3.63, 3.8) is 0 Å². The Kier molecular flexibility index (Phi) is 5.53. The Bertz CT molecular complexity index is 604. The van der Waals surface area contributed by atoms with E-state index in [1.165, 1.54) is 6.33 Å². The predicted octanol–water partition coefficient (Wildman–Crippen LogP) is 3.54. The summed E-state index contributed by atoms with van der Waals surface area (Å²) in [6.07, 6.45) is 2.56. The van der Waals surface area contributed by atoms with Crippen molar-refractivity contribution in [2.24, 2.45) is 0 Å². The van der Waals surface area contributed by atoms with Gasteiger partial charge in [-0.25, -0.2) is 9.97 Å². The van der Waals surface area contributed by atoms with Gasteiger partial charge in [0.15, 0.2) is 0 Å². The van der Waals surface area contributed by atoms with Gasteiger partial charge < -0.3 is 10.1 Å². The average Bonchev–Trinajstić information content (AvgIpc) is 2.51. The van der Waals surface area contributed by atoms with Gasteiger partial charge in [0.1, 0.15) is 6.33 Å². The van der Waals surface area contributed by atoms with Crippen LogP contribution in [0.5, 0.6) is 5.88 Å². The molecule has 0 aliphatic rings. The first-order chi connectivity index (χ1) is 10.2. The summed E-state index contributed by atoms with van der Waals surface area (Å²) in [7, 11) is 1.60. The summed E-state index contributed by atoms with van der Waals surface area (Å²) in [4.78, 5) is 8.43. The molecule has 4 nitrogen and oxygen atoms in total. The molecule has 0 saturated heterocycles. The van der Waals surface area contributed by atoms with E-state index in [0.717, 1.165) is 34.8 Å². The number of ether oxygens (including phenoxy) is 1. The van der Waals surface area contributed by atoms with E-state index in [0.29, 0.717) is 5.88 Å². The third-order valence-corrected chi connectivity index (χ3v) is 3.70. The second kappa shape index (κ2) is 7.38. The van der Waals surface area contributed by atoms with Crippen molar-refractivity contribution in [3.05, 3.63) is 52.4 Å². The summed E-state index contributed by atoms with van der Waals surface area (Å²) < 4.78 is 5.18. The number of nitrogens with zero attached hydrogens (tertiary/aromatic N) is 2. The Hall–Kier alpha value is -1.65. The van der Waals surface area contributed by atoms with Gasteiger partial charge in [0.2, 0.25) is 5.88 Å². The molecule has 0 aliphatic heterocycles. The molecule has 1 aromatic heterocycles. The van der Waals surface area contributed by atoms with E-state index in [9.17, 15) is 0 Å². The maximum Gasteiger partial charge on any atom is 0.216 e. The Morgan fingerprint density at radius 3 is 2.76 bits per heavy atom. The van der Waals surface area contributed by atoms with Crippen LogP contribution in [0.1, 0.15) is 36.2 Å². The number of halogens is 1. The van der Waals surface area contributed by atoms with Crippen molar-refractivity contribution >= 4 is 11.6 Å². The van der Waals surface area contributed by atoms with Gasteiger partial charge in [0.25, 0.3) is 0 Å². The molecule has 1 heterocycles. The van der Waals surface area contributed by atoms with Crippen molar-refractivity contribution in [2.45, 2.75) is 26.3 Å². The lowest BCUT2D eigenvalue weighted by atomic mass is 10.0. The van der Waals surface area contributed by atoms with Crippen LogP contribution < -0.4 is 10.1 Å². The maximum absolute atomic E-state index is 6.25. The van der Waals surface area contributed by atoms with Crippen molar-refractivity contribution in [3.8, 4) is 5.88 Å². The largest absolute Gasteiger partial charge is 0.481 e. The molecule has 0 fully saturated rings.